The van der Waals surface area contributed by atoms with Gasteiger partial charge in [0, 0.05) is 43.4 Å². The van der Waals surface area contributed by atoms with Crippen LogP contribution in [0, 0.1) is 5.92 Å². The first-order valence-electron chi connectivity index (χ1n) is 14.4. The van der Waals surface area contributed by atoms with Crippen molar-refractivity contribution in [3.8, 4) is 11.5 Å². The molecule has 2 N–H and O–H groups in total. The second kappa shape index (κ2) is 11.3. The van der Waals surface area contributed by atoms with E-state index in [0.29, 0.717) is 18.9 Å². The van der Waals surface area contributed by atoms with Crippen molar-refractivity contribution in [3.63, 3.8) is 0 Å². The van der Waals surface area contributed by atoms with E-state index in [0.717, 1.165) is 40.9 Å². The van der Waals surface area contributed by atoms with E-state index < -0.39 is 18.0 Å². The minimum absolute atomic E-state index is 0.159. The molecule has 6 rings (SSSR count). The standard InChI is InChI=1S/C30H39N5O7/c1-30(2)41-25-23(15-34(3)21-9-7-17(21)12-24(36)37)40-29(26(25)42-30)35-11-10-20-27(32-16-33-28(20)35)31-14-18-6-8-19(38-4)13-22(18)39-5/h6,8,10-11,13,16-17,21,23,25-26,29H,7,9,12,14-15H2,1-5H3,(H,36,37)(H,31,32,33)/t17?,21?,23-,25-,26-,29-/m1/s1. The second-order valence-electron chi connectivity index (χ2n) is 11.8. The summed E-state index contributed by atoms with van der Waals surface area (Å²) in [6.45, 7) is 4.95. The minimum atomic E-state index is -0.751. The van der Waals surface area contributed by atoms with Crippen LogP contribution in [0.3, 0.4) is 0 Å². The van der Waals surface area contributed by atoms with Crippen LogP contribution in [0.5, 0.6) is 11.5 Å². The number of methoxy groups -OCH3 is 2. The normalized spacial score (nSPS) is 28.0. The van der Waals surface area contributed by atoms with E-state index in [1.807, 2.05) is 55.9 Å². The largest absolute Gasteiger partial charge is 0.497 e. The van der Waals surface area contributed by atoms with Crippen molar-refractivity contribution < 1.29 is 33.6 Å². The van der Waals surface area contributed by atoms with Gasteiger partial charge in [0.05, 0.1) is 19.6 Å². The maximum atomic E-state index is 11.3. The number of carboxylic acid groups (broad SMARTS) is 1. The van der Waals surface area contributed by atoms with Crippen molar-refractivity contribution in [1.82, 2.24) is 19.4 Å². The molecule has 2 unspecified atom stereocenters. The molecule has 0 bridgehead atoms. The number of likely N-dealkylation sites (N-methyl/N-ethyl adjacent to an activating group) is 1. The molecule has 1 saturated carbocycles. The summed E-state index contributed by atoms with van der Waals surface area (Å²) in [6, 6.07) is 7.91. The van der Waals surface area contributed by atoms with Crippen molar-refractivity contribution in [1.29, 1.82) is 0 Å². The van der Waals surface area contributed by atoms with Crippen molar-refractivity contribution in [2.45, 2.75) is 76.0 Å². The highest BCUT2D eigenvalue weighted by atomic mass is 16.8. The summed E-state index contributed by atoms with van der Waals surface area (Å²) in [6.07, 6.45) is 4.30. The van der Waals surface area contributed by atoms with Crippen molar-refractivity contribution in [2.24, 2.45) is 5.92 Å². The number of carboxylic acids is 1. The maximum absolute atomic E-state index is 11.3. The van der Waals surface area contributed by atoms with E-state index in [2.05, 4.69) is 20.2 Å². The molecule has 3 fully saturated rings. The van der Waals surface area contributed by atoms with E-state index in [1.54, 1.807) is 20.5 Å². The van der Waals surface area contributed by atoms with Gasteiger partial charge in [-0.3, -0.25) is 4.79 Å². The number of rotatable bonds is 11. The number of aliphatic carboxylic acids is 1. The van der Waals surface area contributed by atoms with Crippen LogP contribution in [-0.4, -0.2) is 88.5 Å². The fourth-order valence-electron chi connectivity index (χ4n) is 6.54. The first kappa shape index (κ1) is 28.7. The van der Waals surface area contributed by atoms with Gasteiger partial charge in [-0.15, -0.1) is 0 Å². The molecule has 4 heterocycles. The lowest BCUT2D eigenvalue weighted by Gasteiger charge is -2.43. The van der Waals surface area contributed by atoms with Gasteiger partial charge >= 0.3 is 5.97 Å². The Morgan fingerprint density at radius 1 is 1.17 bits per heavy atom. The molecule has 2 aliphatic heterocycles. The van der Waals surface area contributed by atoms with E-state index >= 15 is 0 Å². The lowest BCUT2D eigenvalue weighted by Crippen LogP contribution is -2.50. The summed E-state index contributed by atoms with van der Waals surface area (Å²) in [4.78, 5) is 22.6. The molecule has 1 aromatic carbocycles. The quantitative estimate of drug-likeness (QED) is 0.344. The summed E-state index contributed by atoms with van der Waals surface area (Å²) in [5, 5.41) is 13.6. The Balaban J connectivity index is 1.21. The molecular formula is C30H39N5O7. The van der Waals surface area contributed by atoms with Crippen LogP contribution in [0.4, 0.5) is 5.82 Å². The predicted molar refractivity (Wildman–Crippen MR) is 154 cm³/mol. The molecule has 2 aromatic heterocycles. The van der Waals surface area contributed by atoms with Gasteiger partial charge in [-0.1, -0.05) is 0 Å². The molecule has 1 aliphatic carbocycles. The van der Waals surface area contributed by atoms with Gasteiger partial charge in [0.15, 0.2) is 12.0 Å². The summed E-state index contributed by atoms with van der Waals surface area (Å²) in [7, 11) is 5.30. The summed E-state index contributed by atoms with van der Waals surface area (Å²) in [5.74, 6) is 0.808. The van der Waals surface area contributed by atoms with E-state index in [9.17, 15) is 9.90 Å². The summed E-state index contributed by atoms with van der Waals surface area (Å²) in [5.41, 5.74) is 1.69. The molecule has 12 nitrogen and oxygen atoms in total. The van der Waals surface area contributed by atoms with Crippen LogP contribution in [-0.2, 0) is 25.5 Å². The fraction of sp³-hybridized carbons (Fsp3) is 0.567. The number of hydrogen-bond acceptors (Lipinski definition) is 10. The van der Waals surface area contributed by atoms with Crippen LogP contribution in [0.15, 0.2) is 36.8 Å². The number of nitrogens with one attached hydrogen (secondary N) is 1. The number of benzene rings is 1. The molecule has 0 amide bonds. The van der Waals surface area contributed by atoms with Crippen LogP contribution >= 0.6 is 0 Å². The van der Waals surface area contributed by atoms with Crippen molar-refractivity contribution in [3.05, 3.63) is 42.4 Å². The van der Waals surface area contributed by atoms with Crippen molar-refractivity contribution in [2.75, 3.05) is 33.1 Å². The number of carbonyl (C=O) groups is 1. The lowest BCUT2D eigenvalue weighted by molar-refractivity contribution is -0.198. The van der Waals surface area contributed by atoms with Gasteiger partial charge in [0.2, 0.25) is 0 Å². The van der Waals surface area contributed by atoms with Gasteiger partial charge in [-0.2, -0.15) is 0 Å². The highest BCUT2D eigenvalue weighted by Gasteiger charge is 2.56. The monoisotopic (exact) mass is 581 g/mol. The molecule has 6 atom stereocenters. The average molecular weight is 582 g/mol. The van der Waals surface area contributed by atoms with Crippen LogP contribution in [0.2, 0.25) is 0 Å². The summed E-state index contributed by atoms with van der Waals surface area (Å²) < 4.78 is 32.2. The smallest absolute Gasteiger partial charge is 0.303 e. The topological polar surface area (TPSA) is 129 Å². The number of anilines is 1. The molecule has 0 radical (unpaired) electrons. The number of nitrogens with zero attached hydrogens (tertiary/aromatic N) is 4. The highest BCUT2D eigenvalue weighted by molar-refractivity contribution is 5.87. The fourth-order valence-corrected chi connectivity index (χ4v) is 6.54. The summed E-state index contributed by atoms with van der Waals surface area (Å²) >= 11 is 0. The number of fused-ring (bicyclic) bond motifs is 2. The van der Waals surface area contributed by atoms with E-state index in [1.165, 1.54) is 0 Å². The van der Waals surface area contributed by atoms with Crippen LogP contribution in [0.25, 0.3) is 11.0 Å². The molecule has 3 aliphatic rings. The third-order valence-electron chi connectivity index (χ3n) is 8.70. The second-order valence-corrected chi connectivity index (χ2v) is 11.8. The zero-order valence-electron chi connectivity index (χ0n) is 24.6. The van der Waals surface area contributed by atoms with Gasteiger partial charge in [-0.25, -0.2) is 9.97 Å². The Morgan fingerprint density at radius 2 is 1.98 bits per heavy atom. The molecule has 226 valence electrons. The zero-order valence-corrected chi connectivity index (χ0v) is 24.6. The first-order valence-corrected chi connectivity index (χ1v) is 14.4. The van der Waals surface area contributed by atoms with Gasteiger partial charge in [0.25, 0.3) is 0 Å². The number of hydrogen-bond donors (Lipinski definition) is 2. The molecule has 0 spiro atoms. The lowest BCUT2D eigenvalue weighted by atomic mass is 9.76. The Hall–Kier alpha value is -3.45. The van der Waals surface area contributed by atoms with E-state index in [4.69, 9.17) is 23.7 Å². The Labute approximate surface area is 244 Å². The Bertz CT molecular complexity index is 1440. The molecular weight excluding hydrogens is 542 g/mol. The minimum Gasteiger partial charge on any atom is -0.497 e. The average Bonchev–Trinajstić information content (AvgIpc) is 3.61. The van der Waals surface area contributed by atoms with Gasteiger partial charge in [-0.05, 0) is 57.9 Å². The van der Waals surface area contributed by atoms with E-state index in [-0.39, 0.29) is 36.7 Å². The third kappa shape index (κ3) is 5.39. The highest BCUT2D eigenvalue weighted by Crippen LogP contribution is 2.45. The third-order valence-corrected chi connectivity index (χ3v) is 8.70. The molecule has 2 saturated heterocycles. The Morgan fingerprint density at radius 3 is 2.69 bits per heavy atom. The van der Waals surface area contributed by atoms with Crippen molar-refractivity contribution >= 4 is 22.8 Å². The van der Waals surface area contributed by atoms with Crippen LogP contribution in [0.1, 0.15) is 44.9 Å². The maximum Gasteiger partial charge on any atom is 0.303 e. The predicted octanol–water partition coefficient (Wildman–Crippen LogP) is 3.66. The first-order chi connectivity index (χ1) is 20.2. The van der Waals surface area contributed by atoms with Gasteiger partial charge in [0.1, 0.15) is 47.6 Å². The number of aromatic nitrogens is 3. The SMILES string of the molecule is COc1ccc(CNc2ncnc3c2ccn3[C@@H]2O[C@H](CN(C)C3CCC3CC(=O)O)[C@H]3OC(C)(C)O[C@H]32)c(OC)c1. The zero-order chi connectivity index (χ0) is 29.6. The molecule has 12 heteroatoms. The molecule has 3 aromatic rings. The number of ether oxygens (including phenoxy) is 5. The molecule has 42 heavy (non-hydrogen) atoms. The van der Waals surface area contributed by atoms with Crippen LogP contribution < -0.4 is 14.8 Å². The van der Waals surface area contributed by atoms with Gasteiger partial charge < -0.3 is 43.6 Å². The Kier molecular flexibility index (Phi) is 7.73.